The lowest BCUT2D eigenvalue weighted by Crippen LogP contribution is -2.45. The summed E-state index contributed by atoms with van der Waals surface area (Å²) >= 11 is 1.50. The van der Waals surface area contributed by atoms with Crippen LogP contribution in [0.2, 0.25) is 0 Å². The minimum absolute atomic E-state index is 0.198. The number of likely N-dealkylation sites (N-methyl/N-ethyl adjacent to an activating group) is 1. The van der Waals surface area contributed by atoms with E-state index in [0.29, 0.717) is 10.8 Å². The lowest BCUT2D eigenvalue weighted by molar-refractivity contribution is 0.0956. The van der Waals surface area contributed by atoms with Gasteiger partial charge < -0.3 is 4.90 Å². The molecule has 3 rings (SSSR count). The number of rotatable bonds is 5. The monoisotopic (exact) mass is 309 g/mol. The summed E-state index contributed by atoms with van der Waals surface area (Å²) < 4.78 is 0. The molecule has 6 nitrogen and oxygen atoms in total. The van der Waals surface area contributed by atoms with Gasteiger partial charge in [0.15, 0.2) is 0 Å². The van der Waals surface area contributed by atoms with E-state index in [9.17, 15) is 4.79 Å². The van der Waals surface area contributed by atoms with Crippen LogP contribution in [0.3, 0.4) is 0 Å². The van der Waals surface area contributed by atoms with Crippen molar-refractivity contribution in [3.63, 3.8) is 0 Å². The molecule has 7 heteroatoms. The normalized spacial score (nSPS) is 20.7. The molecule has 1 aliphatic carbocycles. The second-order valence-corrected chi connectivity index (χ2v) is 6.86. The first-order valence-corrected chi connectivity index (χ1v) is 8.48. The van der Waals surface area contributed by atoms with Crippen molar-refractivity contribution in [2.75, 3.05) is 32.7 Å². The summed E-state index contributed by atoms with van der Waals surface area (Å²) in [6, 6.07) is 0. The summed E-state index contributed by atoms with van der Waals surface area (Å²) in [5.74, 6) is 5.55. The van der Waals surface area contributed by atoms with Gasteiger partial charge in [-0.15, -0.1) is 11.3 Å². The van der Waals surface area contributed by atoms with Crippen molar-refractivity contribution in [2.24, 2.45) is 5.84 Å². The number of piperazine rings is 1. The van der Waals surface area contributed by atoms with Gasteiger partial charge in [-0.3, -0.25) is 15.1 Å². The third-order valence-corrected chi connectivity index (χ3v) is 5.32. The summed E-state index contributed by atoms with van der Waals surface area (Å²) in [6.45, 7) is 8.56. The van der Waals surface area contributed by atoms with Crippen molar-refractivity contribution in [3.8, 4) is 0 Å². The highest BCUT2D eigenvalue weighted by Crippen LogP contribution is 2.42. The van der Waals surface area contributed by atoms with E-state index >= 15 is 0 Å². The number of thiazole rings is 1. The van der Waals surface area contributed by atoms with E-state index in [0.717, 1.165) is 62.8 Å². The largest absolute Gasteiger partial charge is 0.301 e. The van der Waals surface area contributed by atoms with E-state index in [-0.39, 0.29) is 5.91 Å². The topological polar surface area (TPSA) is 74.5 Å². The number of nitrogens with two attached hydrogens (primary N) is 1. The molecular weight excluding hydrogens is 286 g/mol. The number of carbonyl (C=O) groups is 1. The molecule has 0 radical (unpaired) electrons. The fourth-order valence-electron chi connectivity index (χ4n) is 2.76. The molecule has 2 aliphatic rings. The number of aromatic nitrogens is 1. The molecule has 1 aliphatic heterocycles. The Morgan fingerprint density at radius 3 is 2.57 bits per heavy atom. The number of nitrogen functional groups attached to an aromatic ring is 1. The van der Waals surface area contributed by atoms with E-state index in [2.05, 4.69) is 22.1 Å². The SMILES string of the molecule is CCN1CCN(Cc2nc(C3CC3)c(C(=O)NN)s2)CC1. The minimum atomic E-state index is -0.198. The molecule has 0 atom stereocenters. The molecule has 1 aromatic heterocycles. The van der Waals surface area contributed by atoms with E-state index in [4.69, 9.17) is 10.8 Å². The van der Waals surface area contributed by atoms with Gasteiger partial charge >= 0.3 is 0 Å². The van der Waals surface area contributed by atoms with Gasteiger partial charge in [-0.05, 0) is 19.4 Å². The van der Waals surface area contributed by atoms with Gasteiger partial charge in [0.2, 0.25) is 0 Å². The van der Waals surface area contributed by atoms with Crippen LogP contribution in [0, 0.1) is 0 Å². The highest BCUT2D eigenvalue weighted by molar-refractivity contribution is 7.13. The highest BCUT2D eigenvalue weighted by atomic mass is 32.1. The zero-order valence-corrected chi connectivity index (χ0v) is 13.3. The molecule has 0 aromatic carbocycles. The van der Waals surface area contributed by atoms with Crippen molar-refractivity contribution >= 4 is 17.2 Å². The predicted molar refractivity (Wildman–Crippen MR) is 83.1 cm³/mol. The van der Waals surface area contributed by atoms with Gasteiger partial charge in [-0.25, -0.2) is 10.8 Å². The highest BCUT2D eigenvalue weighted by Gasteiger charge is 2.32. The molecule has 21 heavy (non-hydrogen) atoms. The average molecular weight is 309 g/mol. The quantitative estimate of drug-likeness (QED) is 0.477. The van der Waals surface area contributed by atoms with Crippen molar-refractivity contribution in [1.82, 2.24) is 20.2 Å². The number of hydrazine groups is 1. The third kappa shape index (κ3) is 3.42. The Morgan fingerprint density at radius 1 is 1.33 bits per heavy atom. The molecule has 116 valence electrons. The minimum Gasteiger partial charge on any atom is -0.301 e. The number of carbonyl (C=O) groups excluding carboxylic acids is 1. The molecule has 1 saturated carbocycles. The van der Waals surface area contributed by atoms with Crippen molar-refractivity contribution < 1.29 is 4.79 Å². The standard InChI is InChI=1S/C14H23N5OS/c1-2-18-5-7-19(8-6-18)9-11-16-12(10-3-4-10)13(21-11)14(20)17-15/h10H,2-9,15H2,1H3,(H,17,20). The molecule has 1 saturated heterocycles. The Hall–Kier alpha value is -1.02. The van der Waals surface area contributed by atoms with E-state index < -0.39 is 0 Å². The van der Waals surface area contributed by atoms with Gasteiger partial charge in [0, 0.05) is 32.1 Å². The van der Waals surface area contributed by atoms with E-state index in [1.165, 1.54) is 11.3 Å². The molecule has 0 bridgehead atoms. The Labute approximate surface area is 129 Å². The number of hydrogen-bond donors (Lipinski definition) is 2. The third-order valence-electron chi connectivity index (χ3n) is 4.27. The van der Waals surface area contributed by atoms with E-state index in [1.54, 1.807) is 0 Å². The Balaban J connectivity index is 1.67. The van der Waals surface area contributed by atoms with Crippen LogP contribution in [-0.2, 0) is 6.54 Å². The molecule has 0 spiro atoms. The van der Waals surface area contributed by atoms with Crippen LogP contribution in [-0.4, -0.2) is 53.4 Å². The molecule has 3 N–H and O–H groups in total. The van der Waals surface area contributed by atoms with Crippen LogP contribution in [0.4, 0.5) is 0 Å². The number of hydrogen-bond acceptors (Lipinski definition) is 6. The summed E-state index contributed by atoms with van der Waals surface area (Å²) in [5.41, 5.74) is 3.21. The summed E-state index contributed by atoms with van der Waals surface area (Å²) in [4.78, 5) is 22.2. The first kappa shape index (κ1) is 14.9. The van der Waals surface area contributed by atoms with Gasteiger partial charge in [0.25, 0.3) is 5.91 Å². The van der Waals surface area contributed by atoms with Gasteiger partial charge in [0.05, 0.1) is 12.2 Å². The predicted octanol–water partition coefficient (Wildman–Crippen LogP) is 0.761. The lowest BCUT2D eigenvalue weighted by Gasteiger charge is -2.33. The van der Waals surface area contributed by atoms with Gasteiger partial charge in [0.1, 0.15) is 9.88 Å². The maximum Gasteiger partial charge on any atom is 0.277 e. The zero-order chi connectivity index (χ0) is 14.8. The van der Waals surface area contributed by atoms with Crippen LogP contribution in [0.15, 0.2) is 0 Å². The van der Waals surface area contributed by atoms with Crippen LogP contribution < -0.4 is 11.3 Å². The Morgan fingerprint density at radius 2 is 2.00 bits per heavy atom. The molecule has 2 fully saturated rings. The van der Waals surface area contributed by atoms with Gasteiger partial charge in [-0.2, -0.15) is 0 Å². The first-order chi connectivity index (χ1) is 10.2. The van der Waals surface area contributed by atoms with Gasteiger partial charge in [-0.1, -0.05) is 6.92 Å². The Bertz CT molecular complexity index is 505. The summed E-state index contributed by atoms with van der Waals surface area (Å²) in [5, 5.41) is 1.04. The molecule has 0 unspecified atom stereocenters. The van der Waals surface area contributed by atoms with E-state index in [1.807, 2.05) is 0 Å². The lowest BCUT2D eigenvalue weighted by atomic mass is 10.2. The second kappa shape index (κ2) is 6.39. The molecular formula is C14H23N5OS. The average Bonchev–Trinajstić information content (AvgIpc) is 3.28. The zero-order valence-electron chi connectivity index (χ0n) is 12.5. The molecule has 2 heterocycles. The second-order valence-electron chi connectivity index (χ2n) is 5.78. The molecule has 1 amide bonds. The fraction of sp³-hybridized carbons (Fsp3) is 0.714. The smallest absolute Gasteiger partial charge is 0.277 e. The number of nitrogens with zero attached hydrogens (tertiary/aromatic N) is 3. The number of nitrogens with one attached hydrogen (secondary N) is 1. The van der Waals surface area contributed by atoms with Crippen molar-refractivity contribution in [2.45, 2.75) is 32.2 Å². The summed E-state index contributed by atoms with van der Waals surface area (Å²) in [6.07, 6.45) is 2.28. The molecule has 1 aromatic rings. The van der Waals surface area contributed by atoms with Crippen LogP contribution >= 0.6 is 11.3 Å². The fourth-order valence-corrected chi connectivity index (χ4v) is 3.86. The first-order valence-electron chi connectivity index (χ1n) is 7.66. The van der Waals surface area contributed by atoms with Crippen LogP contribution in [0.1, 0.15) is 46.1 Å². The van der Waals surface area contributed by atoms with Crippen molar-refractivity contribution in [1.29, 1.82) is 0 Å². The Kier molecular flexibility index (Phi) is 4.54. The maximum atomic E-state index is 11.9. The number of amides is 1. The summed E-state index contributed by atoms with van der Waals surface area (Å²) in [7, 11) is 0. The van der Waals surface area contributed by atoms with Crippen LogP contribution in [0.25, 0.3) is 0 Å². The van der Waals surface area contributed by atoms with Crippen molar-refractivity contribution in [3.05, 3.63) is 15.6 Å². The maximum absolute atomic E-state index is 11.9. The van der Waals surface area contributed by atoms with Crippen LogP contribution in [0.5, 0.6) is 0 Å².